The van der Waals surface area contributed by atoms with E-state index in [4.69, 9.17) is 9.84 Å². The van der Waals surface area contributed by atoms with Gasteiger partial charge in [0.25, 0.3) is 0 Å². The van der Waals surface area contributed by atoms with Crippen LogP contribution in [0.4, 0.5) is 4.79 Å². The first-order chi connectivity index (χ1) is 9.82. The second-order valence-corrected chi connectivity index (χ2v) is 6.23. The molecule has 0 aromatic carbocycles. The van der Waals surface area contributed by atoms with E-state index in [1.807, 2.05) is 13.8 Å². The molecular weight excluding hydrogens is 272 g/mol. The number of nitrogens with one attached hydrogen (secondary N) is 2. The van der Waals surface area contributed by atoms with Crippen molar-refractivity contribution in [1.82, 2.24) is 10.6 Å². The summed E-state index contributed by atoms with van der Waals surface area (Å²) in [6.45, 7) is 8.86. The summed E-state index contributed by atoms with van der Waals surface area (Å²) in [6, 6.07) is -0.242. The van der Waals surface area contributed by atoms with Gasteiger partial charge in [-0.3, -0.25) is 4.79 Å². The Hall–Kier alpha value is -1.30. The number of hydrogen-bond acceptors (Lipinski definition) is 3. The summed E-state index contributed by atoms with van der Waals surface area (Å²) in [6.07, 6.45) is 2.31. The highest BCUT2D eigenvalue weighted by molar-refractivity contribution is 5.76. The molecule has 3 atom stereocenters. The number of hydrogen-bond donors (Lipinski definition) is 3. The summed E-state index contributed by atoms with van der Waals surface area (Å²) in [7, 11) is 0. The maximum absolute atomic E-state index is 11.9. The SMILES string of the molecule is CCCC(CNC(=O)NC1CC(OCC)C1(C)C)C(=O)O. The number of urea groups is 1. The van der Waals surface area contributed by atoms with Gasteiger partial charge in [-0.15, -0.1) is 0 Å². The van der Waals surface area contributed by atoms with Crippen LogP contribution in [-0.4, -0.2) is 42.4 Å². The Bertz CT molecular complexity index is 371. The fraction of sp³-hybridized carbons (Fsp3) is 0.867. The third-order valence-corrected chi connectivity index (χ3v) is 4.35. The molecule has 2 amide bonds. The van der Waals surface area contributed by atoms with Gasteiger partial charge in [0, 0.05) is 24.6 Å². The number of carboxylic acid groups (broad SMARTS) is 1. The van der Waals surface area contributed by atoms with Gasteiger partial charge >= 0.3 is 12.0 Å². The maximum Gasteiger partial charge on any atom is 0.315 e. The van der Waals surface area contributed by atoms with Crippen molar-refractivity contribution in [2.75, 3.05) is 13.2 Å². The first-order valence-electron chi connectivity index (χ1n) is 7.71. The van der Waals surface area contributed by atoms with Crippen molar-refractivity contribution in [3.63, 3.8) is 0 Å². The van der Waals surface area contributed by atoms with Crippen LogP contribution in [0.1, 0.15) is 47.0 Å². The topological polar surface area (TPSA) is 87.7 Å². The van der Waals surface area contributed by atoms with Crippen LogP contribution < -0.4 is 10.6 Å². The van der Waals surface area contributed by atoms with Crippen LogP contribution >= 0.6 is 0 Å². The molecule has 1 saturated carbocycles. The first kappa shape index (κ1) is 17.8. The molecule has 6 heteroatoms. The molecule has 1 aliphatic rings. The second kappa shape index (κ2) is 7.64. The predicted octanol–water partition coefficient (Wildman–Crippen LogP) is 1.99. The van der Waals surface area contributed by atoms with E-state index in [0.29, 0.717) is 13.0 Å². The standard InChI is InChI=1S/C15H28N2O4/c1-5-7-10(13(18)19)9-16-14(20)17-11-8-12(21-6-2)15(11,3)4/h10-12H,5-9H2,1-4H3,(H,18,19)(H2,16,17,20). The number of rotatable bonds is 8. The molecule has 6 nitrogen and oxygen atoms in total. The molecule has 21 heavy (non-hydrogen) atoms. The smallest absolute Gasteiger partial charge is 0.315 e. The molecule has 0 radical (unpaired) electrons. The first-order valence-corrected chi connectivity index (χ1v) is 7.71. The van der Waals surface area contributed by atoms with Crippen molar-refractivity contribution in [3.05, 3.63) is 0 Å². The van der Waals surface area contributed by atoms with Gasteiger partial charge in [-0.1, -0.05) is 27.2 Å². The summed E-state index contributed by atoms with van der Waals surface area (Å²) in [5, 5.41) is 14.6. The van der Waals surface area contributed by atoms with Gasteiger partial charge in [-0.25, -0.2) is 4.79 Å². The van der Waals surface area contributed by atoms with Crippen molar-refractivity contribution in [2.45, 2.75) is 59.1 Å². The Morgan fingerprint density at radius 3 is 2.52 bits per heavy atom. The van der Waals surface area contributed by atoms with Crippen LogP contribution in [0.15, 0.2) is 0 Å². The molecule has 0 bridgehead atoms. The van der Waals surface area contributed by atoms with E-state index < -0.39 is 11.9 Å². The number of carbonyl (C=O) groups is 2. The Balaban J connectivity index is 2.36. The molecular formula is C15H28N2O4. The molecule has 1 aliphatic carbocycles. The third-order valence-electron chi connectivity index (χ3n) is 4.35. The van der Waals surface area contributed by atoms with Crippen LogP contribution in [-0.2, 0) is 9.53 Å². The average Bonchev–Trinajstić information content (AvgIpc) is 2.42. The molecule has 122 valence electrons. The molecule has 0 aromatic rings. The molecule has 3 unspecified atom stereocenters. The van der Waals surface area contributed by atoms with Crippen LogP contribution in [0.25, 0.3) is 0 Å². The number of carboxylic acids is 1. The van der Waals surface area contributed by atoms with Gasteiger partial charge in [-0.05, 0) is 19.8 Å². The molecule has 0 saturated heterocycles. The molecule has 0 heterocycles. The van der Waals surface area contributed by atoms with Crippen molar-refractivity contribution >= 4 is 12.0 Å². The van der Waals surface area contributed by atoms with Crippen molar-refractivity contribution in [1.29, 1.82) is 0 Å². The molecule has 0 aromatic heterocycles. The Morgan fingerprint density at radius 2 is 2.05 bits per heavy atom. The molecule has 0 spiro atoms. The van der Waals surface area contributed by atoms with E-state index in [1.165, 1.54) is 0 Å². The molecule has 3 N–H and O–H groups in total. The van der Waals surface area contributed by atoms with E-state index >= 15 is 0 Å². The zero-order valence-corrected chi connectivity index (χ0v) is 13.4. The number of aliphatic carboxylic acids is 1. The van der Waals surface area contributed by atoms with Crippen LogP contribution in [0.2, 0.25) is 0 Å². The highest BCUT2D eigenvalue weighted by Crippen LogP contribution is 2.42. The molecule has 1 fully saturated rings. The van der Waals surface area contributed by atoms with Gasteiger partial charge in [0.15, 0.2) is 0 Å². The Morgan fingerprint density at radius 1 is 1.38 bits per heavy atom. The minimum atomic E-state index is -0.863. The second-order valence-electron chi connectivity index (χ2n) is 6.23. The largest absolute Gasteiger partial charge is 0.481 e. The van der Waals surface area contributed by atoms with Crippen LogP contribution in [0, 0.1) is 11.3 Å². The zero-order chi connectivity index (χ0) is 16.0. The van der Waals surface area contributed by atoms with Gasteiger partial charge in [0.1, 0.15) is 0 Å². The van der Waals surface area contributed by atoms with E-state index in [2.05, 4.69) is 24.5 Å². The van der Waals surface area contributed by atoms with Crippen molar-refractivity contribution in [3.8, 4) is 0 Å². The lowest BCUT2D eigenvalue weighted by atomic mass is 9.64. The van der Waals surface area contributed by atoms with E-state index in [0.717, 1.165) is 12.8 Å². The minimum absolute atomic E-state index is 0.0588. The zero-order valence-electron chi connectivity index (χ0n) is 13.4. The summed E-state index contributed by atoms with van der Waals surface area (Å²) >= 11 is 0. The monoisotopic (exact) mass is 300 g/mol. The lowest BCUT2D eigenvalue weighted by molar-refractivity contribution is -0.141. The number of amides is 2. The van der Waals surface area contributed by atoms with Gasteiger partial charge in [-0.2, -0.15) is 0 Å². The van der Waals surface area contributed by atoms with Crippen molar-refractivity contribution < 1.29 is 19.4 Å². The summed E-state index contributed by atoms with van der Waals surface area (Å²) in [5.74, 6) is -1.39. The van der Waals surface area contributed by atoms with Gasteiger partial charge in [0.2, 0.25) is 0 Å². The summed E-state index contributed by atoms with van der Waals surface area (Å²) < 4.78 is 5.62. The Labute approximate surface area is 126 Å². The summed E-state index contributed by atoms with van der Waals surface area (Å²) in [5.41, 5.74) is -0.0943. The maximum atomic E-state index is 11.9. The Kier molecular flexibility index (Phi) is 6.45. The minimum Gasteiger partial charge on any atom is -0.481 e. The number of carbonyl (C=O) groups excluding carboxylic acids is 1. The van der Waals surface area contributed by atoms with E-state index in [9.17, 15) is 9.59 Å². The fourth-order valence-corrected chi connectivity index (χ4v) is 2.70. The van der Waals surface area contributed by atoms with Crippen LogP contribution in [0.3, 0.4) is 0 Å². The third kappa shape index (κ3) is 4.59. The lowest BCUT2D eigenvalue weighted by Crippen LogP contribution is -2.63. The average molecular weight is 300 g/mol. The summed E-state index contributed by atoms with van der Waals surface area (Å²) in [4.78, 5) is 22.9. The van der Waals surface area contributed by atoms with E-state index in [1.54, 1.807) is 0 Å². The fourth-order valence-electron chi connectivity index (χ4n) is 2.70. The quantitative estimate of drug-likeness (QED) is 0.639. The van der Waals surface area contributed by atoms with Gasteiger partial charge in [0.05, 0.1) is 12.0 Å². The predicted molar refractivity (Wildman–Crippen MR) is 80.2 cm³/mol. The lowest BCUT2D eigenvalue weighted by Gasteiger charge is -2.51. The van der Waals surface area contributed by atoms with E-state index in [-0.39, 0.29) is 30.1 Å². The van der Waals surface area contributed by atoms with Crippen LogP contribution in [0.5, 0.6) is 0 Å². The molecule has 0 aliphatic heterocycles. The van der Waals surface area contributed by atoms with Crippen molar-refractivity contribution in [2.24, 2.45) is 11.3 Å². The number of ether oxygens (including phenoxy) is 1. The normalized spacial score (nSPS) is 24.8. The highest BCUT2D eigenvalue weighted by Gasteiger charge is 2.49. The molecule has 1 rings (SSSR count). The van der Waals surface area contributed by atoms with Gasteiger partial charge < -0.3 is 20.5 Å². The highest BCUT2D eigenvalue weighted by atomic mass is 16.5.